The van der Waals surface area contributed by atoms with Crippen LogP contribution in [0.5, 0.6) is 0 Å². The average Bonchev–Trinajstić information content (AvgIpc) is 2.89. The van der Waals surface area contributed by atoms with Crippen molar-refractivity contribution in [1.82, 2.24) is 9.80 Å². The van der Waals surface area contributed by atoms with E-state index in [0.717, 1.165) is 24.5 Å². The maximum atomic E-state index is 12.8. The van der Waals surface area contributed by atoms with Gasteiger partial charge in [-0.25, -0.2) is 4.79 Å². The lowest BCUT2D eigenvalue weighted by molar-refractivity contribution is -0.163. The molecule has 1 unspecified atom stereocenters. The number of hydrogen-bond donors (Lipinski definition) is 1. The van der Waals surface area contributed by atoms with Crippen LogP contribution in [0.15, 0.2) is 60.7 Å². The summed E-state index contributed by atoms with van der Waals surface area (Å²) in [7, 11) is 0. The number of esters is 1. The first-order valence-electron chi connectivity index (χ1n) is 11.9. The van der Waals surface area contributed by atoms with E-state index in [0.29, 0.717) is 39.0 Å². The molecule has 34 heavy (non-hydrogen) atoms. The van der Waals surface area contributed by atoms with Crippen molar-refractivity contribution < 1.29 is 19.1 Å². The summed E-state index contributed by atoms with van der Waals surface area (Å²) in [5.74, 6) is -0.807. The van der Waals surface area contributed by atoms with Crippen LogP contribution in [0.1, 0.15) is 19.8 Å². The van der Waals surface area contributed by atoms with Gasteiger partial charge in [0, 0.05) is 50.6 Å². The Morgan fingerprint density at radius 1 is 0.824 bits per heavy atom. The number of nitrogens with one attached hydrogen (secondary N) is 1. The molecule has 0 radical (unpaired) electrons. The summed E-state index contributed by atoms with van der Waals surface area (Å²) in [6.07, 6.45) is 0.241. The van der Waals surface area contributed by atoms with E-state index in [2.05, 4.69) is 22.3 Å². The van der Waals surface area contributed by atoms with E-state index in [4.69, 9.17) is 4.74 Å². The third kappa shape index (κ3) is 5.87. The van der Waals surface area contributed by atoms with E-state index < -0.39 is 6.10 Å². The smallest absolute Gasteiger partial charge is 0.321 e. The second kappa shape index (κ2) is 11.0. The van der Waals surface area contributed by atoms with E-state index in [1.165, 1.54) is 0 Å². The second-order valence-electron chi connectivity index (χ2n) is 8.78. The number of hydrogen-bond acceptors (Lipinski definition) is 5. The SMILES string of the molecule is CC(OC(=O)C1CCN(C(=O)Nc2ccccc2)CC1)C(=O)N1CCN(c2ccccc2)CC1. The summed E-state index contributed by atoms with van der Waals surface area (Å²) in [6, 6.07) is 19.3. The van der Waals surface area contributed by atoms with Gasteiger partial charge in [-0.3, -0.25) is 9.59 Å². The largest absolute Gasteiger partial charge is 0.452 e. The van der Waals surface area contributed by atoms with Gasteiger partial charge in [-0.1, -0.05) is 36.4 Å². The lowest BCUT2D eigenvalue weighted by atomic mass is 9.97. The lowest BCUT2D eigenvalue weighted by Gasteiger charge is -2.37. The number of carbonyl (C=O) groups excluding carboxylic acids is 3. The van der Waals surface area contributed by atoms with Gasteiger partial charge in [0.25, 0.3) is 5.91 Å². The van der Waals surface area contributed by atoms with Crippen molar-refractivity contribution in [1.29, 1.82) is 0 Å². The fourth-order valence-corrected chi connectivity index (χ4v) is 4.44. The third-order valence-electron chi connectivity index (χ3n) is 6.49. The van der Waals surface area contributed by atoms with Crippen molar-refractivity contribution in [2.75, 3.05) is 49.5 Å². The molecule has 1 atom stereocenters. The highest BCUT2D eigenvalue weighted by atomic mass is 16.5. The molecule has 4 rings (SSSR count). The number of anilines is 2. The Morgan fingerprint density at radius 2 is 1.41 bits per heavy atom. The molecular weight excluding hydrogens is 432 g/mol. The zero-order valence-corrected chi connectivity index (χ0v) is 19.6. The fourth-order valence-electron chi connectivity index (χ4n) is 4.44. The van der Waals surface area contributed by atoms with Crippen LogP contribution in [-0.2, 0) is 14.3 Å². The molecular formula is C26H32N4O4. The summed E-state index contributed by atoms with van der Waals surface area (Å²) in [5, 5.41) is 2.87. The molecule has 0 spiro atoms. The van der Waals surface area contributed by atoms with Crippen molar-refractivity contribution in [3.05, 3.63) is 60.7 Å². The van der Waals surface area contributed by atoms with E-state index in [1.54, 1.807) is 16.7 Å². The van der Waals surface area contributed by atoms with E-state index in [1.807, 2.05) is 48.5 Å². The van der Waals surface area contributed by atoms with Crippen LogP contribution in [0.4, 0.5) is 16.2 Å². The molecule has 2 fully saturated rings. The maximum absolute atomic E-state index is 12.8. The average molecular weight is 465 g/mol. The highest BCUT2D eigenvalue weighted by molar-refractivity contribution is 5.89. The Hall–Kier alpha value is -3.55. The van der Waals surface area contributed by atoms with Crippen molar-refractivity contribution in [2.45, 2.75) is 25.9 Å². The van der Waals surface area contributed by atoms with Gasteiger partial charge in [0.05, 0.1) is 5.92 Å². The quantitative estimate of drug-likeness (QED) is 0.687. The van der Waals surface area contributed by atoms with Gasteiger partial charge in [0.1, 0.15) is 0 Å². The number of carbonyl (C=O) groups is 3. The first-order chi connectivity index (χ1) is 16.5. The van der Waals surface area contributed by atoms with E-state index in [9.17, 15) is 14.4 Å². The zero-order valence-electron chi connectivity index (χ0n) is 19.6. The minimum atomic E-state index is -0.810. The first-order valence-corrected chi connectivity index (χ1v) is 11.9. The number of benzene rings is 2. The summed E-state index contributed by atoms with van der Waals surface area (Å²) >= 11 is 0. The molecule has 3 amide bonds. The van der Waals surface area contributed by atoms with E-state index in [-0.39, 0.29) is 23.8 Å². The molecule has 2 aliphatic heterocycles. The highest BCUT2D eigenvalue weighted by Crippen LogP contribution is 2.21. The normalized spacial score (nSPS) is 17.7. The number of urea groups is 1. The van der Waals surface area contributed by atoms with Crippen LogP contribution in [0.2, 0.25) is 0 Å². The van der Waals surface area contributed by atoms with Crippen LogP contribution in [0, 0.1) is 5.92 Å². The minimum Gasteiger partial charge on any atom is -0.452 e. The monoisotopic (exact) mass is 464 g/mol. The maximum Gasteiger partial charge on any atom is 0.321 e. The number of piperazine rings is 1. The molecule has 2 saturated heterocycles. The summed E-state index contributed by atoms with van der Waals surface area (Å²) < 4.78 is 5.54. The van der Waals surface area contributed by atoms with Gasteiger partial charge in [0.15, 0.2) is 6.10 Å². The molecule has 2 heterocycles. The first kappa shape index (κ1) is 23.6. The molecule has 2 aromatic rings. The fraction of sp³-hybridized carbons (Fsp3) is 0.423. The highest BCUT2D eigenvalue weighted by Gasteiger charge is 2.32. The van der Waals surface area contributed by atoms with E-state index >= 15 is 0 Å². The van der Waals surface area contributed by atoms with Crippen molar-refractivity contribution in [3.8, 4) is 0 Å². The minimum absolute atomic E-state index is 0.152. The summed E-state index contributed by atoms with van der Waals surface area (Å²) in [5.41, 5.74) is 1.89. The van der Waals surface area contributed by atoms with Crippen molar-refractivity contribution in [3.63, 3.8) is 0 Å². The Bertz CT molecular complexity index is 969. The topological polar surface area (TPSA) is 82.2 Å². The molecule has 0 saturated carbocycles. The Balaban J connectivity index is 1.19. The predicted molar refractivity (Wildman–Crippen MR) is 131 cm³/mol. The second-order valence-corrected chi connectivity index (χ2v) is 8.78. The number of rotatable bonds is 5. The van der Waals surface area contributed by atoms with Gasteiger partial charge in [-0.05, 0) is 44.0 Å². The van der Waals surface area contributed by atoms with Crippen LogP contribution in [0.3, 0.4) is 0 Å². The van der Waals surface area contributed by atoms with Gasteiger partial charge in [-0.15, -0.1) is 0 Å². The Kier molecular flexibility index (Phi) is 7.67. The van der Waals surface area contributed by atoms with Gasteiger partial charge < -0.3 is 24.8 Å². The molecule has 0 bridgehead atoms. The van der Waals surface area contributed by atoms with Gasteiger partial charge >= 0.3 is 12.0 Å². The number of amides is 3. The van der Waals surface area contributed by atoms with Crippen LogP contribution < -0.4 is 10.2 Å². The number of piperidine rings is 1. The molecule has 180 valence electrons. The molecule has 2 aromatic carbocycles. The molecule has 1 N–H and O–H groups in total. The van der Waals surface area contributed by atoms with Crippen LogP contribution >= 0.6 is 0 Å². The standard InChI is InChI=1S/C26H32N4O4/c1-20(24(31)29-18-16-28(17-19-29)23-10-6-3-7-11-23)34-25(32)21-12-14-30(15-13-21)26(33)27-22-8-4-2-5-9-22/h2-11,20-21H,12-19H2,1H3,(H,27,33). The van der Waals surface area contributed by atoms with Crippen molar-refractivity contribution >= 4 is 29.3 Å². The number of nitrogens with zero attached hydrogens (tertiary/aromatic N) is 3. The Morgan fingerprint density at radius 3 is 2.03 bits per heavy atom. The molecule has 0 aromatic heterocycles. The molecule has 2 aliphatic rings. The lowest BCUT2D eigenvalue weighted by Crippen LogP contribution is -2.52. The van der Waals surface area contributed by atoms with Crippen molar-refractivity contribution in [2.24, 2.45) is 5.92 Å². The number of likely N-dealkylation sites (tertiary alicyclic amines) is 1. The Labute approximate surface area is 200 Å². The number of ether oxygens (including phenoxy) is 1. The molecule has 8 nitrogen and oxygen atoms in total. The number of para-hydroxylation sites is 2. The predicted octanol–water partition coefficient (Wildman–Crippen LogP) is 3.21. The molecule has 8 heteroatoms. The zero-order chi connectivity index (χ0) is 23.9. The third-order valence-corrected chi connectivity index (χ3v) is 6.49. The molecule has 0 aliphatic carbocycles. The van der Waals surface area contributed by atoms with Crippen LogP contribution in [0.25, 0.3) is 0 Å². The van der Waals surface area contributed by atoms with Crippen LogP contribution in [-0.4, -0.2) is 73.1 Å². The summed E-state index contributed by atoms with van der Waals surface area (Å²) in [4.78, 5) is 43.7. The van der Waals surface area contributed by atoms with Gasteiger partial charge in [0.2, 0.25) is 0 Å². The summed E-state index contributed by atoms with van der Waals surface area (Å²) in [6.45, 7) is 5.30. The van der Waals surface area contributed by atoms with Gasteiger partial charge in [-0.2, -0.15) is 0 Å².